The van der Waals surface area contributed by atoms with Crippen LogP contribution in [0.3, 0.4) is 0 Å². The van der Waals surface area contributed by atoms with Crippen LogP contribution in [-0.2, 0) is 11.8 Å². The third-order valence-electron chi connectivity index (χ3n) is 7.23. The van der Waals surface area contributed by atoms with Gasteiger partial charge in [0.25, 0.3) is 0 Å². The summed E-state index contributed by atoms with van der Waals surface area (Å²) in [6.45, 7) is 5.15. The average molecular weight is 432 g/mol. The average Bonchev–Trinajstić information content (AvgIpc) is 3.41. The fourth-order valence-corrected chi connectivity index (χ4v) is 5.09. The minimum Gasteiger partial charge on any atom is -0.367 e. The van der Waals surface area contributed by atoms with Crippen molar-refractivity contribution in [2.75, 3.05) is 31.1 Å². The quantitative estimate of drug-likeness (QED) is 0.687. The number of nitrogens with zero attached hydrogens (tertiary/aromatic N) is 6. The summed E-state index contributed by atoms with van der Waals surface area (Å²) in [4.78, 5) is 25.4. The molecule has 1 saturated carbocycles. The molecule has 32 heavy (non-hydrogen) atoms. The van der Waals surface area contributed by atoms with Crippen molar-refractivity contribution in [2.24, 2.45) is 18.9 Å². The van der Waals surface area contributed by atoms with Gasteiger partial charge in [0.15, 0.2) is 0 Å². The molecule has 5 rings (SSSR count). The van der Waals surface area contributed by atoms with Crippen molar-refractivity contribution in [3.8, 4) is 17.3 Å². The molecule has 1 amide bonds. The molecule has 3 aromatic rings. The highest BCUT2D eigenvalue weighted by Gasteiger charge is 2.31. The first-order chi connectivity index (χ1) is 15.5. The second-order valence-electron chi connectivity index (χ2n) is 9.03. The molecule has 0 aromatic carbocycles. The molecule has 166 valence electrons. The molecule has 0 spiro atoms. The van der Waals surface area contributed by atoms with E-state index >= 15 is 0 Å². The number of hydrogen-bond donors (Lipinski definition) is 1. The fraction of sp³-hybridized carbons (Fsp3) is 0.500. The van der Waals surface area contributed by atoms with E-state index in [1.54, 1.807) is 0 Å². The maximum Gasteiger partial charge on any atom is 0.225 e. The van der Waals surface area contributed by atoms with Crippen molar-refractivity contribution in [1.82, 2.24) is 24.6 Å². The highest BCUT2D eigenvalue weighted by atomic mass is 16.2. The Kier molecular flexibility index (Phi) is 5.33. The Balaban J connectivity index is 1.29. The standard InChI is InChI=1S/C24H29N7O/c1-16-20(15-27-29(16)2)21-13-19-22(7-8-26-23(19)28-21)30-9-11-31(12-10-30)24(32)18-5-3-17(14-25)4-6-18/h7-8,13,15,17-18H,3-6,9-12H2,1-2H3,(H,26,28). The number of fused-ring (bicyclic) bond motifs is 1. The lowest BCUT2D eigenvalue weighted by Gasteiger charge is -2.38. The van der Waals surface area contributed by atoms with Crippen molar-refractivity contribution in [1.29, 1.82) is 5.26 Å². The van der Waals surface area contributed by atoms with Crippen LogP contribution in [0.5, 0.6) is 0 Å². The first-order valence-corrected chi connectivity index (χ1v) is 11.4. The molecule has 0 atom stereocenters. The van der Waals surface area contributed by atoms with Crippen molar-refractivity contribution < 1.29 is 4.79 Å². The Morgan fingerprint density at radius 3 is 2.59 bits per heavy atom. The van der Waals surface area contributed by atoms with E-state index in [0.29, 0.717) is 0 Å². The summed E-state index contributed by atoms with van der Waals surface area (Å²) >= 11 is 0. The number of aryl methyl sites for hydroxylation is 1. The zero-order valence-corrected chi connectivity index (χ0v) is 18.7. The Morgan fingerprint density at radius 1 is 1.19 bits per heavy atom. The van der Waals surface area contributed by atoms with Crippen molar-refractivity contribution in [2.45, 2.75) is 32.6 Å². The van der Waals surface area contributed by atoms with E-state index in [2.05, 4.69) is 45.1 Å². The molecule has 0 radical (unpaired) electrons. The van der Waals surface area contributed by atoms with Crippen LogP contribution in [0.2, 0.25) is 0 Å². The van der Waals surface area contributed by atoms with Gasteiger partial charge in [-0.05, 0) is 44.7 Å². The normalized spacial score (nSPS) is 21.7. The lowest BCUT2D eigenvalue weighted by Crippen LogP contribution is -2.50. The number of hydrogen-bond acceptors (Lipinski definition) is 5. The molecule has 2 aliphatic rings. The van der Waals surface area contributed by atoms with E-state index in [4.69, 9.17) is 5.26 Å². The smallest absolute Gasteiger partial charge is 0.225 e. The maximum atomic E-state index is 13.0. The monoisotopic (exact) mass is 431 g/mol. The molecule has 4 heterocycles. The van der Waals surface area contributed by atoms with Crippen molar-refractivity contribution in [3.05, 3.63) is 30.2 Å². The molecule has 1 N–H and O–H groups in total. The summed E-state index contributed by atoms with van der Waals surface area (Å²) in [6, 6.07) is 6.58. The van der Waals surface area contributed by atoms with Crippen LogP contribution < -0.4 is 4.90 Å². The number of nitriles is 1. The Hall–Kier alpha value is -3.34. The summed E-state index contributed by atoms with van der Waals surface area (Å²) in [6.07, 6.45) is 7.14. The maximum absolute atomic E-state index is 13.0. The van der Waals surface area contributed by atoms with Crippen LogP contribution in [0.25, 0.3) is 22.3 Å². The number of H-pyrrole nitrogens is 1. The highest BCUT2D eigenvalue weighted by Crippen LogP contribution is 2.33. The molecule has 2 fully saturated rings. The lowest BCUT2D eigenvalue weighted by molar-refractivity contribution is -0.137. The third-order valence-corrected chi connectivity index (χ3v) is 7.23. The molecule has 0 bridgehead atoms. The molecular formula is C24H29N7O. The molecule has 8 nitrogen and oxygen atoms in total. The largest absolute Gasteiger partial charge is 0.367 e. The molecule has 3 aromatic heterocycles. The van der Waals surface area contributed by atoms with E-state index in [1.165, 1.54) is 0 Å². The fourth-order valence-electron chi connectivity index (χ4n) is 5.09. The van der Waals surface area contributed by atoms with E-state index in [0.717, 1.165) is 85.5 Å². The minimum atomic E-state index is 0.0914. The minimum absolute atomic E-state index is 0.0914. The zero-order valence-electron chi connectivity index (χ0n) is 18.7. The molecule has 0 unspecified atom stereocenters. The van der Waals surface area contributed by atoms with Gasteiger partial charge in [-0.1, -0.05) is 0 Å². The number of nitrogens with one attached hydrogen (secondary N) is 1. The van der Waals surface area contributed by atoms with Gasteiger partial charge in [-0.2, -0.15) is 10.4 Å². The SMILES string of the molecule is Cc1c(-c2cc3c(N4CCN(C(=O)C5CCC(C#N)CC5)CC4)ccnc3[nH]2)cnn1C. The number of aromatic amines is 1. The summed E-state index contributed by atoms with van der Waals surface area (Å²) in [7, 11) is 1.95. The second-order valence-corrected chi connectivity index (χ2v) is 9.03. The predicted octanol–water partition coefficient (Wildman–Crippen LogP) is 3.25. The summed E-state index contributed by atoms with van der Waals surface area (Å²) in [5, 5.41) is 14.6. The summed E-state index contributed by atoms with van der Waals surface area (Å²) in [5.74, 6) is 0.498. The van der Waals surface area contributed by atoms with Crippen LogP contribution in [0, 0.1) is 30.1 Å². The van der Waals surface area contributed by atoms with Gasteiger partial charge >= 0.3 is 0 Å². The zero-order chi connectivity index (χ0) is 22.2. The predicted molar refractivity (Wildman–Crippen MR) is 123 cm³/mol. The van der Waals surface area contributed by atoms with Gasteiger partial charge in [0.1, 0.15) is 5.65 Å². The van der Waals surface area contributed by atoms with E-state index in [-0.39, 0.29) is 17.7 Å². The first kappa shape index (κ1) is 20.6. The first-order valence-electron chi connectivity index (χ1n) is 11.4. The van der Waals surface area contributed by atoms with Crippen LogP contribution in [0.1, 0.15) is 31.4 Å². The lowest BCUT2D eigenvalue weighted by atomic mass is 9.82. The van der Waals surface area contributed by atoms with Crippen molar-refractivity contribution >= 4 is 22.6 Å². The molecule has 1 aliphatic heterocycles. The Labute approximate surface area is 187 Å². The number of anilines is 1. The number of rotatable bonds is 3. The van der Waals surface area contributed by atoms with Crippen LogP contribution in [-0.4, -0.2) is 56.7 Å². The molecule has 8 heteroatoms. The second kappa shape index (κ2) is 8.30. The Bertz CT molecular complexity index is 1170. The van der Waals surface area contributed by atoms with Crippen LogP contribution >= 0.6 is 0 Å². The Morgan fingerprint density at radius 2 is 1.94 bits per heavy atom. The summed E-state index contributed by atoms with van der Waals surface area (Å²) in [5.41, 5.74) is 5.23. The molecule has 1 saturated heterocycles. The van der Waals surface area contributed by atoms with E-state index in [1.807, 2.05) is 29.0 Å². The van der Waals surface area contributed by atoms with Crippen molar-refractivity contribution in [3.63, 3.8) is 0 Å². The third kappa shape index (κ3) is 3.62. The van der Waals surface area contributed by atoms with Crippen LogP contribution in [0.15, 0.2) is 24.5 Å². The number of aromatic nitrogens is 4. The van der Waals surface area contributed by atoms with Gasteiger partial charge < -0.3 is 14.8 Å². The van der Waals surface area contributed by atoms with Gasteiger partial charge in [-0.15, -0.1) is 0 Å². The topological polar surface area (TPSA) is 93.8 Å². The van der Waals surface area contributed by atoms with Gasteiger partial charge in [0.05, 0.1) is 18.0 Å². The molecular weight excluding hydrogens is 402 g/mol. The van der Waals surface area contributed by atoms with Gasteiger partial charge in [-0.25, -0.2) is 4.98 Å². The summed E-state index contributed by atoms with van der Waals surface area (Å²) < 4.78 is 1.87. The van der Waals surface area contributed by atoms with E-state index < -0.39 is 0 Å². The van der Waals surface area contributed by atoms with Gasteiger partial charge in [-0.3, -0.25) is 9.48 Å². The van der Waals surface area contributed by atoms with Crippen LogP contribution in [0.4, 0.5) is 5.69 Å². The number of carbonyl (C=O) groups excluding carboxylic acids is 1. The van der Waals surface area contributed by atoms with E-state index in [9.17, 15) is 4.79 Å². The number of piperazine rings is 1. The molecule has 1 aliphatic carbocycles. The number of carbonyl (C=O) groups is 1. The number of pyridine rings is 1. The number of amides is 1. The highest BCUT2D eigenvalue weighted by molar-refractivity contribution is 5.94. The van der Waals surface area contributed by atoms with Gasteiger partial charge in [0, 0.05) is 73.6 Å². The van der Waals surface area contributed by atoms with Gasteiger partial charge in [0.2, 0.25) is 5.91 Å².